The number of sulfonamides is 1. The predicted molar refractivity (Wildman–Crippen MR) is 82.3 cm³/mol. The second kappa shape index (κ2) is 5.66. The SMILES string of the molecule is CC1(C)COCCN1S(=O)(=O)c1cc(Cl)c(Br)c(N)c1F. The number of hydrogen-bond acceptors (Lipinski definition) is 4. The summed E-state index contributed by atoms with van der Waals surface area (Å²) in [7, 11) is -4.07. The predicted octanol–water partition coefficient (Wildman–Crippen LogP) is 2.62. The molecule has 0 saturated carbocycles. The van der Waals surface area contributed by atoms with Gasteiger partial charge in [0, 0.05) is 6.54 Å². The van der Waals surface area contributed by atoms with Gasteiger partial charge in [-0.2, -0.15) is 4.31 Å². The van der Waals surface area contributed by atoms with Crippen LogP contribution in [0.2, 0.25) is 5.02 Å². The summed E-state index contributed by atoms with van der Waals surface area (Å²) >= 11 is 8.93. The first-order valence-electron chi connectivity index (χ1n) is 6.12. The van der Waals surface area contributed by atoms with Crippen LogP contribution in [0.25, 0.3) is 0 Å². The van der Waals surface area contributed by atoms with Gasteiger partial charge in [-0.1, -0.05) is 11.6 Å². The summed E-state index contributed by atoms with van der Waals surface area (Å²) in [6.07, 6.45) is 0. The summed E-state index contributed by atoms with van der Waals surface area (Å²) in [5, 5.41) is 0.0403. The second-order valence-corrected chi connectivity index (χ2v) is 8.37. The maximum Gasteiger partial charge on any atom is 0.246 e. The van der Waals surface area contributed by atoms with E-state index < -0.39 is 26.3 Å². The lowest BCUT2D eigenvalue weighted by Crippen LogP contribution is -2.55. The molecule has 0 aliphatic carbocycles. The average molecular weight is 402 g/mol. The van der Waals surface area contributed by atoms with E-state index >= 15 is 0 Å². The maximum absolute atomic E-state index is 14.3. The van der Waals surface area contributed by atoms with Crippen molar-refractivity contribution in [1.29, 1.82) is 0 Å². The van der Waals surface area contributed by atoms with Gasteiger partial charge in [0.1, 0.15) is 4.90 Å². The third kappa shape index (κ3) is 2.92. The van der Waals surface area contributed by atoms with E-state index in [-0.39, 0.29) is 34.9 Å². The molecule has 0 amide bonds. The quantitative estimate of drug-likeness (QED) is 0.611. The third-order valence-electron chi connectivity index (χ3n) is 3.29. The number of morpholine rings is 1. The van der Waals surface area contributed by atoms with E-state index in [0.717, 1.165) is 6.07 Å². The largest absolute Gasteiger partial charge is 0.395 e. The normalized spacial score (nSPS) is 19.7. The molecule has 0 aromatic heterocycles. The molecule has 2 N–H and O–H groups in total. The van der Waals surface area contributed by atoms with Gasteiger partial charge < -0.3 is 10.5 Å². The third-order valence-corrected chi connectivity index (χ3v) is 6.78. The van der Waals surface area contributed by atoms with Crippen molar-refractivity contribution in [2.24, 2.45) is 0 Å². The lowest BCUT2D eigenvalue weighted by Gasteiger charge is -2.40. The van der Waals surface area contributed by atoms with E-state index in [0.29, 0.717) is 0 Å². The van der Waals surface area contributed by atoms with Gasteiger partial charge in [-0.25, -0.2) is 12.8 Å². The van der Waals surface area contributed by atoms with Crippen molar-refractivity contribution in [3.8, 4) is 0 Å². The van der Waals surface area contributed by atoms with E-state index in [1.54, 1.807) is 13.8 Å². The molecule has 9 heteroatoms. The van der Waals surface area contributed by atoms with Gasteiger partial charge in [-0.3, -0.25) is 0 Å². The van der Waals surface area contributed by atoms with Crippen LogP contribution in [0, 0.1) is 5.82 Å². The summed E-state index contributed by atoms with van der Waals surface area (Å²) in [5.41, 5.74) is 4.46. The molecule has 1 aliphatic rings. The summed E-state index contributed by atoms with van der Waals surface area (Å²) in [6.45, 7) is 4.05. The monoisotopic (exact) mass is 400 g/mol. The lowest BCUT2D eigenvalue weighted by molar-refractivity contribution is -0.00779. The van der Waals surface area contributed by atoms with Crippen LogP contribution in [0.3, 0.4) is 0 Å². The molecule has 0 spiro atoms. The van der Waals surface area contributed by atoms with Crippen molar-refractivity contribution in [1.82, 2.24) is 4.31 Å². The lowest BCUT2D eigenvalue weighted by atomic mass is 10.1. The van der Waals surface area contributed by atoms with Crippen molar-refractivity contribution in [2.75, 3.05) is 25.5 Å². The van der Waals surface area contributed by atoms with Gasteiger partial charge in [-0.15, -0.1) is 0 Å². The molecular formula is C12H15BrClFN2O3S. The average Bonchev–Trinajstić information content (AvgIpc) is 2.39. The van der Waals surface area contributed by atoms with E-state index in [4.69, 9.17) is 22.1 Å². The van der Waals surface area contributed by atoms with E-state index in [9.17, 15) is 12.8 Å². The highest BCUT2D eigenvalue weighted by Crippen LogP contribution is 2.37. The number of nitrogens with two attached hydrogens (primary N) is 1. The van der Waals surface area contributed by atoms with Gasteiger partial charge >= 0.3 is 0 Å². The number of halogens is 3. The Bertz CT molecular complexity index is 682. The first-order chi connectivity index (χ1) is 9.59. The molecule has 0 unspecified atom stereocenters. The first-order valence-corrected chi connectivity index (χ1v) is 8.73. The maximum atomic E-state index is 14.3. The Kier molecular flexibility index (Phi) is 4.57. The number of rotatable bonds is 2. The Balaban J connectivity index is 2.60. The number of anilines is 1. The van der Waals surface area contributed by atoms with E-state index in [1.807, 2.05) is 0 Å². The summed E-state index contributed by atoms with van der Waals surface area (Å²) in [6, 6.07) is 1.07. The highest BCUT2D eigenvalue weighted by molar-refractivity contribution is 9.10. The zero-order valence-electron chi connectivity index (χ0n) is 11.5. The zero-order chi connectivity index (χ0) is 16.0. The Morgan fingerprint density at radius 3 is 2.71 bits per heavy atom. The Hall–Kier alpha value is -0.410. The van der Waals surface area contributed by atoms with Gasteiger partial charge in [0.2, 0.25) is 10.0 Å². The molecule has 1 heterocycles. The van der Waals surface area contributed by atoms with Gasteiger partial charge in [0.15, 0.2) is 5.82 Å². The van der Waals surface area contributed by atoms with Crippen LogP contribution in [-0.2, 0) is 14.8 Å². The van der Waals surface area contributed by atoms with Crippen LogP contribution in [0.1, 0.15) is 13.8 Å². The van der Waals surface area contributed by atoms with Gasteiger partial charge in [0.05, 0.1) is 33.9 Å². The molecule has 0 bridgehead atoms. The highest BCUT2D eigenvalue weighted by Gasteiger charge is 2.41. The molecule has 1 aliphatic heterocycles. The smallest absolute Gasteiger partial charge is 0.246 e. The molecule has 5 nitrogen and oxygen atoms in total. The molecule has 1 aromatic rings. The number of hydrogen-bond donors (Lipinski definition) is 1. The first kappa shape index (κ1) is 17.0. The minimum Gasteiger partial charge on any atom is -0.395 e. The van der Waals surface area contributed by atoms with Crippen LogP contribution >= 0.6 is 27.5 Å². The van der Waals surface area contributed by atoms with Gasteiger partial charge in [0.25, 0.3) is 0 Å². The fourth-order valence-electron chi connectivity index (χ4n) is 2.20. The van der Waals surface area contributed by atoms with Crippen LogP contribution < -0.4 is 5.73 Å². The Morgan fingerprint density at radius 2 is 2.14 bits per heavy atom. The summed E-state index contributed by atoms with van der Waals surface area (Å²) in [4.78, 5) is -0.525. The van der Waals surface area contributed by atoms with Crippen LogP contribution in [0.15, 0.2) is 15.4 Å². The van der Waals surface area contributed by atoms with Crippen molar-refractivity contribution >= 4 is 43.2 Å². The molecule has 0 radical (unpaired) electrons. The number of benzene rings is 1. The molecule has 118 valence electrons. The molecule has 2 rings (SSSR count). The van der Waals surface area contributed by atoms with Crippen LogP contribution in [0.5, 0.6) is 0 Å². The van der Waals surface area contributed by atoms with Crippen LogP contribution in [0.4, 0.5) is 10.1 Å². The van der Waals surface area contributed by atoms with Crippen molar-refractivity contribution in [3.63, 3.8) is 0 Å². The molecule has 1 aromatic carbocycles. The standard InChI is InChI=1S/C12H15BrClFN2O3S/c1-12(2)6-20-4-3-17(12)21(18,19)8-5-7(14)9(13)11(16)10(8)15/h5H,3-4,6,16H2,1-2H3. The van der Waals surface area contributed by atoms with Gasteiger partial charge in [-0.05, 0) is 35.8 Å². The fourth-order valence-corrected chi connectivity index (χ4v) is 4.62. The van der Waals surface area contributed by atoms with Crippen molar-refractivity contribution < 1.29 is 17.5 Å². The minimum atomic E-state index is -4.07. The molecule has 1 fully saturated rings. The molecule has 0 atom stereocenters. The second-order valence-electron chi connectivity index (χ2n) is 5.34. The highest BCUT2D eigenvalue weighted by atomic mass is 79.9. The summed E-state index contributed by atoms with van der Waals surface area (Å²) in [5.74, 6) is -1.01. The molecule has 21 heavy (non-hydrogen) atoms. The molecule has 1 saturated heterocycles. The van der Waals surface area contributed by atoms with E-state index in [1.165, 1.54) is 4.31 Å². The topological polar surface area (TPSA) is 72.6 Å². The van der Waals surface area contributed by atoms with Crippen molar-refractivity contribution in [2.45, 2.75) is 24.3 Å². The summed E-state index contributed by atoms with van der Waals surface area (Å²) < 4.78 is 46.4. The van der Waals surface area contributed by atoms with Crippen molar-refractivity contribution in [3.05, 3.63) is 21.4 Å². The fraction of sp³-hybridized carbons (Fsp3) is 0.500. The number of nitrogen functional groups attached to an aromatic ring is 1. The Morgan fingerprint density at radius 1 is 1.52 bits per heavy atom. The van der Waals surface area contributed by atoms with E-state index in [2.05, 4.69) is 15.9 Å². The number of ether oxygens (including phenoxy) is 1. The number of nitrogens with zero attached hydrogens (tertiary/aromatic N) is 1. The van der Waals surface area contributed by atoms with Crippen LogP contribution in [-0.4, -0.2) is 38.0 Å². The molecular weight excluding hydrogens is 387 g/mol. The zero-order valence-corrected chi connectivity index (χ0v) is 14.6. The minimum absolute atomic E-state index is 0.0403. The Labute approximate surface area is 136 Å².